The highest BCUT2D eigenvalue weighted by Gasteiger charge is 2.40. The quantitative estimate of drug-likeness (QED) is 0.848. The van der Waals surface area contributed by atoms with E-state index in [-0.39, 0.29) is 13.0 Å². The molecule has 0 saturated carbocycles. The molecule has 1 unspecified atom stereocenters. The van der Waals surface area contributed by atoms with Crippen molar-refractivity contribution in [2.75, 3.05) is 0 Å². The van der Waals surface area contributed by atoms with Crippen molar-refractivity contribution in [2.45, 2.75) is 32.4 Å². The van der Waals surface area contributed by atoms with Crippen LogP contribution in [0.3, 0.4) is 0 Å². The summed E-state index contributed by atoms with van der Waals surface area (Å²) in [5.74, 6) is -0.826. The Balaban J connectivity index is 2.28. The fraction of sp³-hybridized carbons (Fsp3) is 0.312. The predicted octanol–water partition coefficient (Wildman–Crippen LogP) is 2.35. The fourth-order valence-corrected chi connectivity index (χ4v) is 2.56. The van der Waals surface area contributed by atoms with Crippen LogP contribution in [0.5, 0.6) is 0 Å². The van der Waals surface area contributed by atoms with Crippen LogP contribution in [0.1, 0.15) is 24.7 Å². The number of carbonyl (C=O) groups excluding carboxylic acids is 1. The number of nitrogens with one attached hydrogen (secondary N) is 1. The summed E-state index contributed by atoms with van der Waals surface area (Å²) in [4.78, 5) is 28.2. The number of carboxylic acids is 1. The van der Waals surface area contributed by atoms with E-state index in [0.29, 0.717) is 16.4 Å². The lowest BCUT2D eigenvalue weighted by Gasteiger charge is -2.30. The summed E-state index contributed by atoms with van der Waals surface area (Å²) in [6.07, 6.45) is 3.47. The van der Waals surface area contributed by atoms with Gasteiger partial charge < -0.3 is 15.0 Å². The van der Waals surface area contributed by atoms with Gasteiger partial charge in [0.2, 0.25) is 5.91 Å². The van der Waals surface area contributed by atoms with Gasteiger partial charge in [-0.1, -0.05) is 30.7 Å². The number of halogens is 1. The first-order valence-electron chi connectivity index (χ1n) is 7.17. The predicted molar refractivity (Wildman–Crippen MR) is 86.2 cm³/mol. The Kier molecular flexibility index (Phi) is 5.05. The molecule has 0 aliphatic heterocycles. The largest absolute Gasteiger partial charge is 0.479 e. The highest BCUT2D eigenvalue weighted by Crippen LogP contribution is 2.27. The van der Waals surface area contributed by atoms with Gasteiger partial charge in [0.25, 0.3) is 0 Å². The first-order chi connectivity index (χ1) is 10.9. The second-order valence-electron chi connectivity index (χ2n) is 5.22. The number of aromatic nitrogens is 2. The molecule has 1 aromatic carbocycles. The molecule has 6 nitrogen and oxygen atoms in total. The van der Waals surface area contributed by atoms with E-state index >= 15 is 0 Å². The molecule has 7 heteroatoms. The van der Waals surface area contributed by atoms with Crippen LogP contribution in [0.4, 0.5) is 0 Å². The Hall–Kier alpha value is -2.34. The molecule has 2 aromatic rings. The number of carboxylic acid groups (broad SMARTS) is 1. The van der Waals surface area contributed by atoms with Crippen LogP contribution < -0.4 is 5.32 Å². The Morgan fingerprint density at radius 3 is 2.48 bits per heavy atom. The Morgan fingerprint density at radius 1 is 1.35 bits per heavy atom. The van der Waals surface area contributed by atoms with E-state index in [9.17, 15) is 14.7 Å². The van der Waals surface area contributed by atoms with Crippen LogP contribution in [0, 0.1) is 6.92 Å². The molecular formula is C16H18ClN3O3. The summed E-state index contributed by atoms with van der Waals surface area (Å²) >= 11 is 5.86. The van der Waals surface area contributed by atoms with Gasteiger partial charge in [-0.2, -0.15) is 0 Å². The summed E-state index contributed by atoms with van der Waals surface area (Å²) in [5, 5.41) is 12.9. The first-order valence-corrected chi connectivity index (χ1v) is 7.55. The summed E-state index contributed by atoms with van der Waals surface area (Å²) in [7, 11) is 0. The average Bonchev–Trinajstić information content (AvgIpc) is 2.90. The summed E-state index contributed by atoms with van der Waals surface area (Å²) in [6, 6.07) is 6.44. The zero-order chi connectivity index (χ0) is 17.0. The van der Waals surface area contributed by atoms with Gasteiger partial charge in [-0.15, -0.1) is 0 Å². The maximum absolute atomic E-state index is 12.3. The zero-order valence-corrected chi connectivity index (χ0v) is 13.7. The number of carbonyl (C=O) groups is 2. The molecule has 2 N–H and O–H groups in total. The van der Waals surface area contributed by atoms with Gasteiger partial charge >= 0.3 is 5.97 Å². The van der Waals surface area contributed by atoms with Crippen molar-refractivity contribution in [3.05, 3.63) is 53.1 Å². The minimum atomic E-state index is -1.49. The molecule has 0 spiro atoms. The number of hydrogen-bond donors (Lipinski definition) is 2. The lowest BCUT2D eigenvalue weighted by Crippen LogP contribution is -2.52. The molecule has 0 saturated heterocycles. The monoisotopic (exact) mass is 335 g/mol. The molecule has 0 aliphatic rings. The number of aryl methyl sites for hydroxylation is 1. The lowest BCUT2D eigenvalue weighted by atomic mass is 9.87. The van der Waals surface area contributed by atoms with Crippen molar-refractivity contribution in [1.29, 1.82) is 0 Å². The van der Waals surface area contributed by atoms with Crippen molar-refractivity contribution >= 4 is 23.5 Å². The minimum Gasteiger partial charge on any atom is -0.479 e. The van der Waals surface area contributed by atoms with E-state index in [4.69, 9.17) is 11.6 Å². The SMILES string of the molecule is CCC(NC(=O)Cn1ccnc1C)(C(=O)O)c1ccc(Cl)cc1. The van der Waals surface area contributed by atoms with Crippen LogP contribution in [-0.4, -0.2) is 26.5 Å². The van der Waals surface area contributed by atoms with Gasteiger partial charge in [-0.25, -0.2) is 9.78 Å². The highest BCUT2D eigenvalue weighted by molar-refractivity contribution is 6.30. The molecule has 23 heavy (non-hydrogen) atoms. The zero-order valence-electron chi connectivity index (χ0n) is 12.9. The molecule has 0 aliphatic carbocycles. The molecule has 1 amide bonds. The maximum Gasteiger partial charge on any atom is 0.334 e. The average molecular weight is 336 g/mol. The summed E-state index contributed by atoms with van der Waals surface area (Å²) < 4.78 is 1.65. The Morgan fingerprint density at radius 2 is 2.00 bits per heavy atom. The smallest absolute Gasteiger partial charge is 0.334 e. The van der Waals surface area contributed by atoms with Gasteiger partial charge in [-0.05, 0) is 31.0 Å². The van der Waals surface area contributed by atoms with Crippen LogP contribution in [0.15, 0.2) is 36.7 Å². The molecule has 122 valence electrons. The number of amides is 1. The van der Waals surface area contributed by atoms with Crippen LogP contribution in [0.25, 0.3) is 0 Å². The molecular weight excluding hydrogens is 318 g/mol. The van der Waals surface area contributed by atoms with Crippen molar-refractivity contribution in [3.63, 3.8) is 0 Å². The fourth-order valence-electron chi connectivity index (χ4n) is 2.43. The normalized spacial score (nSPS) is 13.3. The van der Waals surface area contributed by atoms with E-state index in [1.165, 1.54) is 0 Å². The third-order valence-corrected chi connectivity index (χ3v) is 4.07. The topological polar surface area (TPSA) is 84.2 Å². The number of nitrogens with zero attached hydrogens (tertiary/aromatic N) is 2. The molecule has 0 bridgehead atoms. The van der Waals surface area contributed by atoms with Gasteiger partial charge in [-0.3, -0.25) is 4.79 Å². The summed E-state index contributed by atoms with van der Waals surface area (Å²) in [6.45, 7) is 3.50. The van der Waals surface area contributed by atoms with Gasteiger partial charge in [0.1, 0.15) is 12.4 Å². The first kappa shape index (κ1) is 17.0. The second kappa shape index (κ2) is 6.83. The number of imidazole rings is 1. The molecule has 1 atom stereocenters. The minimum absolute atomic E-state index is 0.00839. The van der Waals surface area contributed by atoms with Gasteiger partial charge in [0, 0.05) is 17.4 Å². The van der Waals surface area contributed by atoms with E-state index in [2.05, 4.69) is 10.3 Å². The van der Waals surface area contributed by atoms with Crippen molar-refractivity contribution < 1.29 is 14.7 Å². The third-order valence-electron chi connectivity index (χ3n) is 3.82. The molecule has 1 heterocycles. The highest BCUT2D eigenvalue weighted by atomic mass is 35.5. The Bertz CT molecular complexity index is 712. The van der Waals surface area contributed by atoms with E-state index < -0.39 is 17.4 Å². The van der Waals surface area contributed by atoms with E-state index in [1.54, 1.807) is 55.1 Å². The molecule has 2 rings (SSSR count). The van der Waals surface area contributed by atoms with Gasteiger partial charge in [0.15, 0.2) is 5.54 Å². The number of hydrogen-bond acceptors (Lipinski definition) is 3. The van der Waals surface area contributed by atoms with Crippen molar-refractivity contribution in [1.82, 2.24) is 14.9 Å². The molecule has 1 aromatic heterocycles. The van der Waals surface area contributed by atoms with Crippen molar-refractivity contribution in [3.8, 4) is 0 Å². The van der Waals surface area contributed by atoms with Crippen LogP contribution in [0.2, 0.25) is 5.02 Å². The van der Waals surface area contributed by atoms with Crippen molar-refractivity contribution in [2.24, 2.45) is 0 Å². The van der Waals surface area contributed by atoms with Crippen LogP contribution >= 0.6 is 11.6 Å². The second-order valence-corrected chi connectivity index (χ2v) is 5.66. The van der Waals surface area contributed by atoms with Crippen LogP contribution in [-0.2, 0) is 21.7 Å². The van der Waals surface area contributed by atoms with E-state index in [0.717, 1.165) is 0 Å². The number of aliphatic carboxylic acids is 1. The maximum atomic E-state index is 12.3. The molecule has 0 fully saturated rings. The van der Waals surface area contributed by atoms with Gasteiger partial charge in [0.05, 0.1) is 0 Å². The summed E-state index contributed by atoms with van der Waals surface area (Å²) in [5.41, 5.74) is -1.01. The standard InChI is InChI=1S/C16H18ClN3O3/c1-3-16(15(22)23,12-4-6-13(17)7-5-12)19-14(21)10-20-9-8-18-11(20)2/h4-9H,3,10H2,1-2H3,(H,19,21)(H,22,23). The number of benzene rings is 1. The number of rotatable bonds is 6. The Labute approximate surface area is 139 Å². The molecule has 0 radical (unpaired) electrons. The third kappa shape index (κ3) is 3.53. The van der Waals surface area contributed by atoms with E-state index in [1.807, 2.05) is 0 Å². The lowest BCUT2D eigenvalue weighted by molar-refractivity contribution is -0.148.